The Labute approximate surface area is 172 Å². The van der Waals surface area contributed by atoms with Crippen LogP contribution in [0.25, 0.3) is 0 Å². The van der Waals surface area contributed by atoms with Gasteiger partial charge in [-0.3, -0.25) is 4.68 Å². The Morgan fingerprint density at radius 3 is 2.59 bits per heavy atom. The molecular formula is C21H21F2N5S. The minimum atomic E-state index is -0.664. The van der Waals surface area contributed by atoms with Crippen molar-refractivity contribution in [1.29, 1.82) is 0 Å². The Kier molecular flexibility index (Phi) is 5.38. The molecule has 1 atom stereocenters. The lowest BCUT2D eigenvalue weighted by Crippen LogP contribution is -2.38. The lowest BCUT2D eigenvalue weighted by atomic mass is 10.0. The van der Waals surface area contributed by atoms with E-state index in [4.69, 9.17) is 10.8 Å². The van der Waals surface area contributed by atoms with Gasteiger partial charge in [0, 0.05) is 24.9 Å². The summed E-state index contributed by atoms with van der Waals surface area (Å²) in [7, 11) is 1.83. The Balaban J connectivity index is 1.88. The van der Waals surface area contributed by atoms with Crippen LogP contribution < -0.4 is 10.7 Å². The monoisotopic (exact) mass is 413 g/mol. The number of thioether (sulfide) groups is 1. The molecule has 2 N–H and O–H groups in total. The van der Waals surface area contributed by atoms with E-state index in [2.05, 4.69) is 5.10 Å². The Bertz CT molecular complexity index is 1040. The maximum absolute atomic E-state index is 14.5. The van der Waals surface area contributed by atoms with Crippen molar-refractivity contribution in [3.05, 3.63) is 83.6 Å². The van der Waals surface area contributed by atoms with E-state index >= 15 is 0 Å². The molecule has 1 aromatic heterocycles. The van der Waals surface area contributed by atoms with Crippen LogP contribution in [0, 0.1) is 11.6 Å². The first kappa shape index (κ1) is 19.6. The summed E-state index contributed by atoms with van der Waals surface area (Å²) in [5.41, 5.74) is 6.97. The second-order valence-electron chi connectivity index (χ2n) is 6.83. The minimum Gasteiger partial charge on any atom is -0.330 e. The van der Waals surface area contributed by atoms with Crippen LogP contribution in [-0.2, 0) is 11.9 Å². The van der Waals surface area contributed by atoms with Gasteiger partial charge in [-0.05, 0) is 43.1 Å². The van der Waals surface area contributed by atoms with Gasteiger partial charge in [0.2, 0.25) is 0 Å². The van der Waals surface area contributed by atoms with Gasteiger partial charge >= 0.3 is 0 Å². The van der Waals surface area contributed by atoms with Crippen LogP contribution in [0.15, 0.2) is 65.9 Å². The van der Waals surface area contributed by atoms with Crippen LogP contribution in [0.1, 0.15) is 24.0 Å². The predicted molar refractivity (Wildman–Crippen MR) is 113 cm³/mol. The summed E-state index contributed by atoms with van der Waals surface area (Å²) in [5, 5.41) is 11.4. The van der Waals surface area contributed by atoms with E-state index in [1.54, 1.807) is 4.68 Å². The fraction of sp³-hybridized carbons (Fsp3) is 0.238. The zero-order valence-electron chi connectivity index (χ0n) is 15.9. The van der Waals surface area contributed by atoms with E-state index in [0.717, 1.165) is 24.1 Å². The molecule has 1 unspecified atom stereocenters. The highest BCUT2D eigenvalue weighted by Crippen LogP contribution is 2.51. The molecule has 0 spiro atoms. The fourth-order valence-electron chi connectivity index (χ4n) is 3.44. The van der Waals surface area contributed by atoms with Gasteiger partial charge in [-0.1, -0.05) is 42.1 Å². The Hall–Kier alpha value is -2.71. The van der Waals surface area contributed by atoms with E-state index in [1.807, 2.05) is 54.7 Å². The van der Waals surface area contributed by atoms with Gasteiger partial charge in [-0.2, -0.15) is 10.2 Å². The first-order valence-corrected chi connectivity index (χ1v) is 10.1. The number of rotatable bonds is 6. The normalized spacial score (nSPS) is 18.9. The van der Waals surface area contributed by atoms with Crippen molar-refractivity contribution in [2.75, 3.05) is 11.6 Å². The number of benzene rings is 2. The van der Waals surface area contributed by atoms with E-state index in [1.165, 1.54) is 17.8 Å². The molecule has 3 aromatic rings. The molecule has 8 heteroatoms. The lowest BCUT2D eigenvalue weighted by Gasteiger charge is -2.36. The number of aromatic nitrogens is 2. The Morgan fingerprint density at radius 2 is 1.90 bits per heavy atom. The molecule has 0 saturated carbocycles. The molecule has 0 radical (unpaired) electrons. The summed E-state index contributed by atoms with van der Waals surface area (Å²) >= 11 is 1.40. The average Bonchev–Trinajstić information content (AvgIpc) is 3.33. The molecule has 2 aromatic carbocycles. The molecule has 5 nitrogen and oxygen atoms in total. The van der Waals surface area contributed by atoms with Crippen molar-refractivity contribution in [3.63, 3.8) is 0 Å². The molecule has 2 heterocycles. The first-order chi connectivity index (χ1) is 14.0. The number of hydrogen-bond donors (Lipinski definition) is 1. The molecule has 0 aliphatic carbocycles. The predicted octanol–water partition coefficient (Wildman–Crippen LogP) is 4.21. The number of aryl methyl sites for hydroxylation is 1. The van der Waals surface area contributed by atoms with Gasteiger partial charge < -0.3 is 5.73 Å². The van der Waals surface area contributed by atoms with Gasteiger partial charge in [0.05, 0.1) is 0 Å². The van der Waals surface area contributed by atoms with Crippen LogP contribution in [-0.4, -0.2) is 21.4 Å². The van der Waals surface area contributed by atoms with E-state index in [-0.39, 0.29) is 5.56 Å². The summed E-state index contributed by atoms with van der Waals surface area (Å²) in [6.45, 7) is 0.509. The quantitative estimate of drug-likeness (QED) is 0.658. The standard InChI is InChI=1S/C21H21F2N5S/c1-27-13-10-19(25-27)28-21(11-5-12-24,15-6-3-2-4-7-15)29-20(26-28)17-14-16(22)8-9-18(17)23/h2-4,6-10,13-14H,5,11-12,24H2,1H3. The van der Waals surface area contributed by atoms with Crippen molar-refractivity contribution in [1.82, 2.24) is 9.78 Å². The maximum Gasteiger partial charge on any atom is 0.172 e. The highest BCUT2D eigenvalue weighted by molar-refractivity contribution is 8.15. The highest BCUT2D eigenvalue weighted by atomic mass is 32.2. The highest BCUT2D eigenvalue weighted by Gasteiger charge is 2.47. The van der Waals surface area contributed by atoms with Crippen molar-refractivity contribution >= 4 is 22.6 Å². The van der Waals surface area contributed by atoms with Crippen LogP contribution >= 0.6 is 11.8 Å². The van der Waals surface area contributed by atoms with E-state index in [0.29, 0.717) is 23.8 Å². The van der Waals surface area contributed by atoms with E-state index in [9.17, 15) is 8.78 Å². The third-order valence-electron chi connectivity index (χ3n) is 4.82. The average molecular weight is 413 g/mol. The van der Waals surface area contributed by atoms with Gasteiger partial charge in [-0.15, -0.1) is 0 Å². The summed E-state index contributed by atoms with van der Waals surface area (Å²) < 4.78 is 30.1. The fourth-order valence-corrected chi connectivity index (χ4v) is 4.87. The SMILES string of the molecule is Cn1ccc(N2N=C(c3cc(F)ccc3F)SC2(CCCN)c2ccccc2)n1. The smallest absolute Gasteiger partial charge is 0.172 e. The summed E-state index contributed by atoms with van der Waals surface area (Å²) in [5.74, 6) is -0.387. The molecule has 29 heavy (non-hydrogen) atoms. The van der Waals surface area contributed by atoms with Crippen molar-refractivity contribution in [2.24, 2.45) is 17.9 Å². The van der Waals surface area contributed by atoms with Crippen LogP contribution in [0.3, 0.4) is 0 Å². The first-order valence-electron chi connectivity index (χ1n) is 9.32. The molecule has 0 amide bonds. The minimum absolute atomic E-state index is 0.140. The van der Waals surface area contributed by atoms with Crippen LogP contribution in [0.2, 0.25) is 0 Å². The topological polar surface area (TPSA) is 59.4 Å². The number of halogens is 2. The van der Waals surface area contributed by atoms with Crippen LogP contribution in [0.4, 0.5) is 14.6 Å². The molecule has 150 valence electrons. The zero-order chi connectivity index (χ0) is 20.4. The lowest BCUT2D eigenvalue weighted by molar-refractivity contribution is 0.520. The number of anilines is 1. The third kappa shape index (κ3) is 3.65. The summed E-state index contributed by atoms with van der Waals surface area (Å²) in [4.78, 5) is -0.664. The number of nitrogens with zero attached hydrogens (tertiary/aromatic N) is 4. The molecule has 0 saturated heterocycles. The summed E-state index contributed by atoms with van der Waals surface area (Å²) in [6.07, 6.45) is 3.23. The molecule has 0 bridgehead atoms. The number of nitrogens with two attached hydrogens (primary N) is 1. The van der Waals surface area contributed by atoms with Crippen LogP contribution in [0.5, 0.6) is 0 Å². The van der Waals surface area contributed by atoms with Gasteiger partial charge in [0.25, 0.3) is 0 Å². The Morgan fingerprint density at radius 1 is 1.10 bits per heavy atom. The largest absolute Gasteiger partial charge is 0.330 e. The second kappa shape index (κ2) is 7.96. The summed E-state index contributed by atoms with van der Waals surface area (Å²) in [6, 6.07) is 15.2. The van der Waals surface area contributed by atoms with Crippen molar-refractivity contribution in [2.45, 2.75) is 17.7 Å². The molecule has 0 fully saturated rings. The van der Waals surface area contributed by atoms with Gasteiger partial charge in [-0.25, -0.2) is 13.8 Å². The van der Waals surface area contributed by atoms with Crippen molar-refractivity contribution < 1.29 is 8.78 Å². The molecule has 4 rings (SSSR count). The number of hydrogen-bond acceptors (Lipinski definition) is 5. The zero-order valence-corrected chi connectivity index (χ0v) is 16.7. The molecular weight excluding hydrogens is 392 g/mol. The van der Waals surface area contributed by atoms with Crippen molar-refractivity contribution in [3.8, 4) is 0 Å². The second-order valence-corrected chi connectivity index (χ2v) is 8.10. The number of hydrazone groups is 1. The molecule has 1 aliphatic heterocycles. The van der Waals surface area contributed by atoms with E-state index < -0.39 is 16.5 Å². The van der Waals surface area contributed by atoms with Gasteiger partial charge in [0.15, 0.2) is 5.82 Å². The van der Waals surface area contributed by atoms with Gasteiger partial charge in [0.1, 0.15) is 21.5 Å². The maximum atomic E-state index is 14.5. The molecule has 1 aliphatic rings. The third-order valence-corrected chi connectivity index (χ3v) is 6.26.